The summed E-state index contributed by atoms with van der Waals surface area (Å²) in [6, 6.07) is 8.49. The number of rotatable bonds is 8. The fourth-order valence-electron chi connectivity index (χ4n) is 6.08. The molecule has 11 heteroatoms. The van der Waals surface area contributed by atoms with E-state index in [1.54, 1.807) is 11.8 Å². The molecule has 5 rings (SSSR count). The smallest absolute Gasteiger partial charge is 0.244 e. The van der Waals surface area contributed by atoms with Crippen LogP contribution in [0, 0.1) is 11.8 Å². The highest BCUT2D eigenvalue weighted by molar-refractivity contribution is 9.09. The van der Waals surface area contributed by atoms with Gasteiger partial charge in [-0.1, -0.05) is 34.1 Å². The number of carbonyl (C=O) groups is 3. The number of hydrogen-bond donors (Lipinski definition) is 3. The third-order valence-electron chi connectivity index (χ3n) is 7.55. The molecule has 35 heavy (non-hydrogen) atoms. The van der Waals surface area contributed by atoms with Gasteiger partial charge in [-0.25, -0.2) is 0 Å². The number of aliphatic hydroxyl groups excluding tert-OH is 1. The third-order valence-corrected chi connectivity index (χ3v) is 10.8. The molecule has 190 valence electrons. The number of aliphatic hydroxyl groups is 1. The summed E-state index contributed by atoms with van der Waals surface area (Å²) in [5, 5.41) is 15.6. The number of hydrogen-bond acceptors (Lipinski definition) is 7. The zero-order chi connectivity index (χ0) is 24.6. The Bertz CT molecular complexity index is 964. The molecule has 0 aliphatic carbocycles. The average Bonchev–Trinajstić information content (AvgIpc) is 3.44. The molecule has 4 aliphatic heterocycles. The van der Waals surface area contributed by atoms with E-state index in [1.807, 2.05) is 30.3 Å². The van der Waals surface area contributed by atoms with Crippen molar-refractivity contribution < 1.29 is 24.2 Å². The number of likely N-dealkylation sites (tertiary alicyclic amines) is 1. The number of ether oxygens (including phenoxy) is 1. The fraction of sp³-hybridized carbons (Fsp3) is 0.625. The van der Waals surface area contributed by atoms with Crippen LogP contribution in [0.1, 0.15) is 6.42 Å². The summed E-state index contributed by atoms with van der Waals surface area (Å²) in [4.78, 5) is 44.4. The summed E-state index contributed by atoms with van der Waals surface area (Å²) in [5.41, 5.74) is 0.681. The van der Waals surface area contributed by atoms with Crippen LogP contribution in [0.2, 0.25) is 0 Å². The predicted octanol–water partition coefficient (Wildman–Crippen LogP) is 0.530. The van der Waals surface area contributed by atoms with Crippen LogP contribution in [0.25, 0.3) is 0 Å². The van der Waals surface area contributed by atoms with Crippen LogP contribution in [-0.2, 0) is 19.1 Å². The van der Waals surface area contributed by atoms with Gasteiger partial charge in [0.05, 0.1) is 36.4 Å². The summed E-state index contributed by atoms with van der Waals surface area (Å²) in [7, 11) is 0. The first-order chi connectivity index (χ1) is 17.0. The molecule has 4 aliphatic rings. The first-order valence-electron chi connectivity index (χ1n) is 12.1. The number of nitrogens with one attached hydrogen (secondary N) is 2. The number of para-hydroxylation sites is 1. The topological polar surface area (TPSA) is 111 Å². The van der Waals surface area contributed by atoms with Crippen LogP contribution >= 0.6 is 27.7 Å². The zero-order valence-electron chi connectivity index (χ0n) is 19.4. The van der Waals surface area contributed by atoms with Gasteiger partial charge in [-0.05, 0) is 18.6 Å². The van der Waals surface area contributed by atoms with Crippen molar-refractivity contribution >= 4 is 51.1 Å². The highest BCUT2D eigenvalue weighted by Crippen LogP contribution is 2.67. The van der Waals surface area contributed by atoms with E-state index in [9.17, 15) is 19.5 Å². The first-order valence-corrected chi connectivity index (χ1v) is 13.9. The number of amides is 3. The van der Waals surface area contributed by atoms with Gasteiger partial charge in [0.1, 0.15) is 6.04 Å². The van der Waals surface area contributed by atoms with Crippen LogP contribution in [0.4, 0.5) is 5.69 Å². The number of β-amino-alcohol motifs (C(OH)–C–C–N with tert-alkyl or cyclic N) is 1. The van der Waals surface area contributed by atoms with E-state index >= 15 is 0 Å². The number of fused-ring (bicyclic) bond motifs is 1. The molecular weight excluding hydrogens is 536 g/mol. The number of carbonyl (C=O) groups excluding carboxylic acids is 3. The summed E-state index contributed by atoms with van der Waals surface area (Å²) in [6.45, 7) is 4.08. The van der Waals surface area contributed by atoms with Gasteiger partial charge < -0.3 is 25.4 Å². The second kappa shape index (κ2) is 10.4. The lowest BCUT2D eigenvalue weighted by molar-refractivity contribution is -0.139. The SMILES string of the molecule is O=C(NCCN1CCOCC1)C1N(CCO)C(=O)[C@@H]2[C@@H](C(=O)Nc3ccccc3)[C@@H]3SC12CC3Br. The Labute approximate surface area is 217 Å². The number of nitrogens with zero attached hydrogens (tertiary/aromatic N) is 2. The molecule has 3 amide bonds. The normalized spacial score (nSPS) is 34.2. The summed E-state index contributed by atoms with van der Waals surface area (Å²) >= 11 is 5.35. The Balaban J connectivity index is 1.36. The monoisotopic (exact) mass is 566 g/mol. The molecule has 9 nitrogen and oxygen atoms in total. The quantitative estimate of drug-likeness (QED) is 0.393. The Morgan fingerprint density at radius 3 is 2.63 bits per heavy atom. The van der Waals surface area contributed by atoms with Gasteiger partial charge in [-0.15, -0.1) is 11.8 Å². The third kappa shape index (κ3) is 4.50. The first kappa shape index (κ1) is 25.0. The van der Waals surface area contributed by atoms with Crippen molar-refractivity contribution in [3.8, 4) is 0 Å². The van der Waals surface area contributed by atoms with Gasteiger partial charge in [0.2, 0.25) is 17.7 Å². The number of thioether (sulfide) groups is 1. The lowest BCUT2D eigenvalue weighted by Gasteiger charge is -2.35. The molecule has 2 bridgehead atoms. The predicted molar refractivity (Wildman–Crippen MR) is 136 cm³/mol. The van der Waals surface area contributed by atoms with Crippen molar-refractivity contribution in [3.05, 3.63) is 30.3 Å². The maximum absolute atomic E-state index is 13.7. The Morgan fingerprint density at radius 1 is 1.17 bits per heavy atom. The number of alkyl halides is 1. The minimum Gasteiger partial charge on any atom is -0.395 e. The molecular formula is C24H31BrN4O5S. The maximum atomic E-state index is 13.7. The molecule has 1 aromatic carbocycles. The molecule has 0 radical (unpaired) electrons. The molecule has 4 saturated heterocycles. The molecule has 0 aromatic heterocycles. The number of benzene rings is 1. The van der Waals surface area contributed by atoms with Gasteiger partial charge in [0, 0.05) is 48.5 Å². The van der Waals surface area contributed by atoms with Crippen LogP contribution in [-0.4, -0.2) is 106 Å². The van der Waals surface area contributed by atoms with Crippen molar-refractivity contribution in [3.63, 3.8) is 0 Å². The van der Waals surface area contributed by atoms with E-state index in [-0.39, 0.29) is 41.0 Å². The van der Waals surface area contributed by atoms with Crippen LogP contribution < -0.4 is 10.6 Å². The minimum atomic E-state index is -0.721. The van der Waals surface area contributed by atoms with Crippen LogP contribution in [0.5, 0.6) is 0 Å². The van der Waals surface area contributed by atoms with E-state index in [0.717, 1.165) is 13.1 Å². The van der Waals surface area contributed by atoms with Crippen LogP contribution in [0.15, 0.2) is 30.3 Å². The molecule has 1 spiro atoms. The van der Waals surface area contributed by atoms with Gasteiger partial charge in [0.15, 0.2) is 0 Å². The van der Waals surface area contributed by atoms with Gasteiger partial charge in [-0.2, -0.15) is 0 Å². The fourth-order valence-corrected chi connectivity index (χ4v) is 9.70. The highest BCUT2D eigenvalue weighted by atomic mass is 79.9. The van der Waals surface area contributed by atoms with Crippen molar-refractivity contribution in [2.45, 2.75) is 27.3 Å². The van der Waals surface area contributed by atoms with E-state index in [4.69, 9.17) is 4.74 Å². The molecule has 3 N–H and O–H groups in total. The summed E-state index contributed by atoms with van der Waals surface area (Å²) in [5.74, 6) is -1.78. The average molecular weight is 568 g/mol. The van der Waals surface area contributed by atoms with Crippen molar-refractivity contribution in [1.82, 2.24) is 15.1 Å². The molecule has 1 aromatic rings. The van der Waals surface area contributed by atoms with E-state index < -0.39 is 22.6 Å². The van der Waals surface area contributed by atoms with Crippen molar-refractivity contribution in [2.75, 3.05) is 57.9 Å². The summed E-state index contributed by atoms with van der Waals surface area (Å²) < 4.78 is 4.68. The second-order valence-corrected chi connectivity index (χ2v) is 12.2. The number of halogens is 1. The summed E-state index contributed by atoms with van der Waals surface area (Å²) in [6.07, 6.45) is 0.622. The van der Waals surface area contributed by atoms with E-state index in [1.165, 1.54) is 4.90 Å². The van der Waals surface area contributed by atoms with Crippen molar-refractivity contribution in [1.29, 1.82) is 0 Å². The molecule has 4 heterocycles. The van der Waals surface area contributed by atoms with Gasteiger partial charge in [0.25, 0.3) is 0 Å². The van der Waals surface area contributed by atoms with E-state index in [2.05, 4.69) is 31.5 Å². The second-order valence-electron chi connectivity index (χ2n) is 9.52. The Morgan fingerprint density at radius 2 is 1.91 bits per heavy atom. The highest BCUT2D eigenvalue weighted by Gasteiger charge is 2.75. The molecule has 0 saturated carbocycles. The maximum Gasteiger partial charge on any atom is 0.244 e. The number of morpholine rings is 1. The molecule has 6 atom stereocenters. The minimum absolute atomic E-state index is 0.0146. The Kier molecular flexibility index (Phi) is 7.41. The lowest BCUT2D eigenvalue weighted by Crippen LogP contribution is -2.55. The van der Waals surface area contributed by atoms with Gasteiger partial charge >= 0.3 is 0 Å². The lowest BCUT2D eigenvalue weighted by atomic mass is 9.70. The largest absolute Gasteiger partial charge is 0.395 e. The number of anilines is 1. The molecule has 4 fully saturated rings. The van der Waals surface area contributed by atoms with E-state index in [0.29, 0.717) is 38.4 Å². The Hall–Kier alpha value is -1.66. The molecule has 3 unspecified atom stereocenters. The van der Waals surface area contributed by atoms with Crippen molar-refractivity contribution in [2.24, 2.45) is 11.8 Å². The zero-order valence-corrected chi connectivity index (χ0v) is 21.8. The van der Waals surface area contributed by atoms with Gasteiger partial charge in [-0.3, -0.25) is 19.3 Å². The van der Waals surface area contributed by atoms with Crippen LogP contribution in [0.3, 0.4) is 0 Å². The standard InChI is InChI=1S/C24H31BrN4O5S/c25-16-14-24-18(17(19(16)35-24)21(31)27-15-4-2-1-3-5-15)23(33)29(8-11-30)20(24)22(32)26-6-7-28-9-12-34-13-10-28/h1-5,16-20,30H,6-14H2,(H,26,32)(H,27,31)/t16?,17-,18+,19-,20?,24?/m1/s1.